The van der Waals surface area contributed by atoms with E-state index in [1.165, 1.54) is 18.6 Å². The molecule has 5 nitrogen and oxygen atoms in total. The van der Waals surface area contributed by atoms with Crippen LogP contribution in [0.3, 0.4) is 0 Å². The van der Waals surface area contributed by atoms with Gasteiger partial charge in [-0.05, 0) is 25.5 Å². The SMILES string of the molecule is COCC(C)NC(=NCC1CCCS1)NN. The molecule has 0 saturated carbocycles. The number of hydrogen-bond donors (Lipinski definition) is 3. The number of nitrogens with two attached hydrogens (primary N) is 1. The minimum Gasteiger partial charge on any atom is -0.383 e. The summed E-state index contributed by atoms with van der Waals surface area (Å²) in [5, 5.41) is 3.83. The van der Waals surface area contributed by atoms with E-state index in [4.69, 9.17) is 10.6 Å². The molecule has 1 rings (SSSR count). The molecule has 0 radical (unpaired) electrons. The van der Waals surface area contributed by atoms with Crippen LogP contribution in [0.25, 0.3) is 0 Å². The number of nitrogens with zero attached hydrogens (tertiary/aromatic N) is 1. The largest absolute Gasteiger partial charge is 0.383 e. The zero-order valence-corrected chi connectivity index (χ0v) is 10.8. The molecule has 4 N–H and O–H groups in total. The van der Waals surface area contributed by atoms with Crippen LogP contribution in [0.1, 0.15) is 19.8 Å². The number of guanidine groups is 1. The second-order valence-corrected chi connectivity index (χ2v) is 5.38. The molecule has 0 bridgehead atoms. The summed E-state index contributed by atoms with van der Waals surface area (Å²) in [6.45, 7) is 3.50. The van der Waals surface area contributed by atoms with E-state index >= 15 is 0 Å². The summed E-state index contributed by atoms with van der Waals surface area (Å²) in [5.41, 5.74) is 2.59. The van der Waals surface area contributed by atoms with Crippen molar-refractivity contribution >= 4 is 17.7 Å². The highest BCUT2D eigenvalue weighted by Gasteiger charge is 2.15. The van der Waals surface area contributed by atoms with E-state index in [-0.39, 0.29) is 6.04 Å². The molecule has 0 aromatic carbocycles. The first-order valence-corrected chi connectivity index (χ1v) is 6.69. The molecule has 6 heteroatoms. The van der Waals surface area contributed by atoms with Crippen LogP contribution in [-0.2, 0) is 4.74 Å². The lowest BCUT2D eigenvalue weighted by Gasteiger charge is -2.16. The van der Waals surface area contributed by atoms with Crippen LogP contribution in [0, 0.1) is 0 Å². The molecular weight excluding hydrogens is 224 g/mol. The first kappa shape index (κ1) is 13.6. The van der Waals surface area contributed by atoms with Crippen molar-refractivity contribution in [2.24, 2.45) is 10.8 Å². The minimum absolute atomic E-state index is 0.205. The molecule has 0 aromatic heterocycles. The van der Waals surface area contributed by atoms with E-state index in [9.17, 15) is 0 Å². The standard InChI is InChI=1S/C10H22N4OS/c1-8(7-15-2)13-10(14-11)12-6-9-4-3-5-16-9/h8-9H,3-7,11H2,1-2H3,(H2,12,13,14). The Balaban J connectivity index is 2.30. The molecule has 1 saturated heterocycles. The van der Waals surface area contributed by atoms with E-state index < -0.39 is 0 Å². The summed E-state index contributed by atoms with van der Waals surface area (Å²) in [7, 11) is 1.68. The lowest BCUT2D eigenvalue weighted by molar-refractivity contribution is 0.179. The van der Waals surface area contributed by atoms with Gasteiger partial charge in [0.25, 0.3) is 0 Å². The van der Waals surface area contributed by atoms with Crippen molar-refractivity contribution in [2.75, 3.05) is 26.0 Å². The fourth-order valence-corrected chi connectivity index (χ4v) is 2.82. The number of methoxy groups -OCH3 is 1. The number of hydrazine groups is 1. The van der Waals surface area contributed by atoms with E-state index in [0.29, 0.717) is 17.8 Å². The molecule has 0 aliphatic carbocycles. The van der Waals surface area contributed by atoms with Crippen LogP contribution in [0.15, 0.2) is 4.99 Å². The van der Waals surface area contributed by atoms with Crippen LogP contribution >= 0.6 is 11.8 Å². The number of nitrogens with one attached hydrogen (secondary N) is 2. The Morgan fingerprint density at radius 3 is 3.06 bits per heavy atom. The topological polar surface area (TPSA) is 71.7 Å². The minimum atomic E-state index is 0.205. The van der Waals surface area contributed by atoms with Gasteiger partial charge in [0.2, 0.25) is 5.96 Å². The van der Waals surface area contributed by atoms with Gasteiger partial charge in [-0.1, -0.05) is 0 Å². The first-order valence-electron chi connectivity index (χ1n) is 5.64. The molecule has 0 spiro atoms. The molecule has 16 heavy (non-hydrogen) atoms. The van der Waals surface area contributed by atoms with E-state index in [2.05, 4.69) is 15.7 Å². The maximum atomic E-state index is 5.41. The number of thioether (sulfide) groups is 1. The van der Waals surface area contributed by atoms with Crippen molar-refractivity contribution < 1.29 is 4.74 Å². The third kappa shape index (κ3) is 5.05. The lowest BCUT2D eigenvalue weighted by Crippen LogP contribution is -2.47. The molecule has 0 amide bonds. The molecule has 1 heterocycles. The molecule has 2 unspecified atom stereocenters. The highest BCUT2D eigenvalue weighted by atomic mass is 32.2. The Labute approximate surface area is 102 Å². The highest BCUT2D eigenvalue weighted by molar-refractivity contribution is 8.00. The van der Waals surface area contributed by atoms with Gasteiger partial charge in [-0.3, -0.25) is 10.4 Å². The Morgan fingerprint density at radius 2 is 2.50 bits per heavy atom. The van der Waals surface area contributed by atoms with Crippen LogP contribution < -0.4 is 16.6 Å². The predicted molar refractivity (Wildman–Crippen MR) is 69.6 cm³/mol. The van der Waals surface area contributed by atoms with Gasteiger partial charge in [-0.25, -0.2) is 5.84 Å². The van der Waals surface area contributed by atoms with E-state index in [1.807, 2.05) is 18.7 Å². The Bertz CT molecular complexity index is 219. The number of hydrogen-bond acceptors (Lipinski definition) is 4. The average molecular weight is 246 g/mol. The third-order valence-electron chi connectivity index (χ3n) is 2.41. The van der Waals surface area contributed by atoms with Gasteiger partial charge < -0.3 is 10.1 Å². The maximum absolute atomic E-state index is 5.41. The molecule has 94 valence electrons. The van der Waals surface area contributed by atoms with E-state index in [1.54, 1.807) is 7.11 Å². The monoisotopic (exact) mass is 246 g/mol. The van der Waals surface area contributed by atoms with Gasteiger partial charge in [0.1, 0.15) is 0 Å². The molecular formula is C10H22N4OS. The number of ether oxygens (including phenoxy) is 1. The van der Waals surface area contributed by atoms with Gasteiger partial charge in [-0.2, -0.15) is 11.8 Å². The first-order chi connectivity index (χ1) is 7.76. The molecule has 1 aliphatic heterocycles. The van der Waals surface area contributed by atoms with Crippen molar-refractivity contribution in [3.8, 4) is 0 Å². The zero-order valence-electron chi connectivity index (χ0n) is 10.0. The van der Waals surface area contributed by atoms with Gasteiger partial charge in [0.05, 0.1) is 13.2 Å². The van der Waals surface area contributed by atoms with Crippen LogP contribution in [0.4, 0.5) is 0 Å². The van der Waals surface area contributed by atoms with Crippen molar-refractivity contribution in [1.82, 2.24) is 10.7 Å². The average Bonchev–Trinajstić information content (AvgIpc) is 2.77. The summed E-state index contributed by atoms with van der Waals surface area (Å²) in [5.74, 6) is 7.32. The third-order valence-corrected chi connectivity index (χ3v) is 3.79. The van der Waals surface area contributed by atoms with Gasteiger partial charge in [-0.15, -0.1) is 0 Å². The quantitative estimate of drug-likeness (QED) is 0.282. The van der Waals surface area contributed by atoms with Crippen LogP contribution in [0.5, 0.6) is 0 Å². The number of aliphatic imine (C=N–C) groups is 1. The number of rotatable bonds is 5. The van der Waals surface area contributed by atoms with Crippen molar-refractivity contribution in [3.05, 3.63) is 0 Å². The Kier molecular flexibility index (Phi) is 6.59. The maximum Gasteiger partial charge on any atom is 0.206 e. The fourth-order valence-electron chi connectivity index (χ4n) is 1.64. The molecule has 0 aromatic rings. The van der Waals surface area contributed by atoms with Crippen molar-refractivity contribution in [1.29, 1.82) is 0 Å². The normalized spacial score (nSPS) is 23.2. The zero-order chi connectivity index (χ0) is 11.8. The van der Waals surface area contributed by atoms with E-state index in [0.717, 1.165) is 6.54 Å². The van der Waals surface area contributed by atoms with Gasteiger partial charge in [0, 0.05) is 18.4 Å². The van der Waals surface area contributed by atoms with Gasteiger partial charge in [0.15, 0.2) is 0 Å². The smallest absolute Gasteiger partial charge is 0.206 e. The summed E-state index contributed by atoms with van der Waals surface area (Å²) >= 11 is 2.00. The summed E-state index contributed by atoms with van der Waals surface area (Å²) in [4.78, 5) is 4.44. The summed E-state index contributed by atoms with van der Waals surface area (Å²) in [6.07, 6.45) is 2.57. The Hall–Kier alpha value is -0.460. The highest BCUT2D eigenvalue weighted by Crippen LogP contribution is 2.25. The van der Waals surface area contributed by atoms with Crippen molar-refractivity contribution in [3.63, 3.8) is 0 Å². The predicted octanol–water partition coefficient (Wildman–Crippen LogP) is 0.326. The van der Waals surface area contributed by atoms with Crippen molar-refractivity contribution in [2.45, 2.75) is 31.1 Å². The van der Waals surface area contributed by atoms with Crippen LogP contribution in [-0.4, -0.2) is 43.3 Å². The second kappa shape index (κ2) is 7.76. The second-order valence-electron chi connectivity index (χ2n) is 3.97. The lowest BCUT2D eigenvalue weighted by atomic mass is 10.2. The Morgan fingerprint density at radius 1 is 1.69 bits per heavy atom. The molecule has 1 aliphatic rings. The fraction of sp³-hybridized carbons (Fsp3) is 0.900. The molecule has 1 fully saturated rings. The molecule has 2 atom stereocenters. The van der Waals surface area contributed by atoms with Gasteiger partial charge >= 0.3 is 0 Å². The summed E-state index contributed by atoms with van der Waals surface area (Å²) < 4.78 is 5.04. The summed E-state index contributed by atoms with van der Waals surface area (Å²) in [6, 6.07) is 0.205. The van der Waals surface area contributed by atoms with Crippen LogP contribution in [0.2, 0.25) is 0 Å².